The summed E-state index contributed by atoms with van der Waals surface area (Å²) >= 11 is 0. The lowest BCUT2D eigenvalue weighted by Crippen LogP contribution is -2.40. The number of hydrogen-bond donors (Lipinski definition) is 1. The second kappa shape index (κ2) is 7.59. The molecule has 0 saturated carbocycles. The Hall–Kier alpha value is -2.93. The highest BCUT2D eigenvalue weighted by atomic mass is 16.5. The highest BCUT2D eigenvalue weighted by molar-refractivity contribution is 5.94. The molecule has 1 saturated heterocycles. The van der Waals surface area contributed by atoms with E-state index in [1.54, 1.807) is 0 Å². The first-order valence-electron chi connectivity index (χ1n) is 9.44. The molecule has 0 spiro atoms. The van der Waals surface area contributed by atoms with E-state index in [-0.39, 0.29) is 17.9 Å². The van der Waals surface area contributed by atoms with Crippen LogP contribution in [0.1, 0.15) is 33.2 Å². The van der Waals surface area contributed by atoms with Gasteiger partial charge in [-0.25, -0.2) is 4.68 Å². The highest BCUT2D eigenvalue weighted by Crippen LogP contribution is 2.20. The van der Waals surface area contributed by atoms with E-state index in [9.17, 15) is 4.79 Å². The largest absolute Gasteiger partial charge is 0.379 e. The molecule has 1 N–H and O–H groups in total. The van der Waals surface area contributed by atoms with Crippen molar-refractivity contribution in [1.82, 2.24) is 20.3 Å². The summed E-state index contributed by atoms with van der Waals surface area (Å²) in [5.41, 5.74) is 4.44. The van der Waals surface area contributed by atoms with Gasteiger partial charge in [0.05, 0.1) is 36.3 Å². The summed E-state index contributed by atoms with van der Waals surface area (Å²) in [5, 5.41) is 11.5. The normalized spacial score (nSPS) is 19.1. The van der Waals surface area contributed by atoms with Crippen LogP contribution in [0.25, 0.3) is 5.69 Å². The van der Waals surface area contributed by atoms with Gasteiger partial charge in [0.1, 0.15) is 5.76 Å². The molecule has 7 heteroatoms. The second-order valence-corrected chi connectivity index (χ2v) is 7.40. The van der Waals surface area contributed by atoms with Gasteiger partial charge in [-0.1, -0.05) is 5.16 Å². The van der Waals surface area contributed by atoms with Crippen molar-refractivity contribution in [2.45, 2.75) is 33.2 Å². The van der Waals surface area contributed by atoms with Crippen molar-refractivity contribution in [3.05, 3.63) is 64.8 Å². The summed E-state index contributed by atoms with van der Waals surface area (Å²) in [7, 11) is 0. The second-order valence-electron chi connectivity index (χ2n) is 7.40. The van der Waals surface area contributed by atoms with Crippen LogP contribution >= 0.6 is 0 Å². The standard InChI is InChI=1S/C21H24N4O3/c1-13-8-15(3)25(23-13)18-6-4-16(5-7-18)21(26)22-20-12-27-11-17(20)10-19-9-14(2)24-28-19/h4-9,17,20H,10-12H2,1-3H3,(H,22,26)/t17-,20+/m1/s1. The van der Waals surface area contributed by atoms with Crippen LogP contribution in [-0.2, 0) is 11.2 Å². The van der Waals surface area contributed by atoms with Crippen LogP contribution in [0.15, 0.2) is 40.9 Å². The van der Waals surface area contributed by atoms with Gasteiger partial charge in [0, 0.05) is 29.7 Å². The summed E-state index contributed by atoms with van der Waals surface area (Å²) in [6, 6.07) is 11.4. The molecule has 0 aliphatic carbocycles. The predicted molar refractivity (Wildman–Crippen MR) is 104 cm³/mol. The number of hydrogen-bond acceptors (Lipinski definition) is 5. The molecule has 146 valence electrons. The molecule has 1 aliphatic rings. The van der Waals surface area contributed by atoms with E-state index in [4.69, 9.17) is 9.26 Å². The summed E-state index contributed by atoms with van der Waals surface area (Å²) < 4.78 is 12.8. The maximum Gasteiger partial charge on any atom is 0.251 e. The van der Waals surface area contributed by atoms with Gasteiger partial charge in [-0.3, -0.25) is 4.79 Å². The smallest absolute Gasteiger partial charge is 0.251 e. The first-order chi connectivity index (χ1) is 13.5. The average Bonchev–Trinajstić information content (AvgIpc) is 3.37. The van der Waals surface area contributed by atoms with Crippen LogP contribution < -0.4 is 5.32 Å². The fourth-order valence-electron chi connectivity index (χ4n) is 3.63. The van der Waals surface area contributed by atoms with E-state index in [0.29, 0.717) is 25.2 Å². The monoisotopic (exact) mass is 380 g/mol. The van der Waals surface area contributed by atoms with Crippen LogP contribution in [0.5, 0.6) is 0 Å². The Labute approximate surface area is 163 Å². The molecular weight excluding hydrogens is 356 g/mol. The Bertz CT molecular complexity index is 974. The van der Waals surface area contributed by atoms with Crippen LogP contribution in [0.3, 0.4) is 0 Å². The summed E-state index contributed by atoms with van der Waals surface area (Å²) in [6.45, 7) is 6.98. The van der Waals surface area contributed by atoms with Crippen molar-refractivity contribution in [1.29, 1.82) is 0 Å². The molecule has 3 aromatic rings. The lowest BCUT2D eigenvalue weighted by molar-refractivity contribution is 0.0924. The van der Waals surface area contributed by atoms with Gasteiger partial charge in [-0.15, -0.1) is 0 Å². The van der Waals surface area contributed by atoms with Crippen molar-refractivity contribution in [2.24, 2.45) is 5.92 Å². The molecule has 0 bridgehead atoms. The number of benzene rings is 1. The molecular formula is C21H24N4O3. The maximum absolute atomic E-state index is 12.7. The van der Waals surface area contributed by atoms with Gasteiger partial charge in [-0.2, -0.15) is 5.10 Å². The minimum absolute atomic E-state index is 0.0476. The summed E-state index contributed by atoms with van der Waals surface area (Å²) in [5.74, 6) is 0.890. The molecule has 1 aromatic carbocycles. The molecule has 7 nitrogen and oxygen atoms in total. The van der Waals surface area contributed by atoms with Gasteiger partial charge in [0.15, 0.2) is 0 Å². The van der Waals surface area contributed by atoms with Gasteiger partial charge < -0.3 is 14.6 Å². The molecule has 1 fully saturated rings. The molecule has 2 atom stereocenters. The van der Waals surface area contributed by atoms with Crippen molar-refractivity contribution in [3.63, 3.8) is 0 Å². The number of ether oxygens (including phenoxy) is 1. The van der Waals surface area contributed by atoms with Crippen LogP contribution in [0.2, 0.25) is 0 Å². The van der Waals surface area contributed by atoms with E-state index < -0.39 is 0 Å². The van der Waals surface area contributed by atoms with E-state index in [0.717, 1.165) is 28.5 Å². The van der Waals surface area contributed by atoms with E-state index in [1.165, 1.54) is 0 Å². The minimum atomic E-state index is -0.103. The number of carbonyl (C=O) groups excluding carboxylic acids is 1. The van der Waals surface area contributed by atoms with Crippen LogP contribution in [0, 0.1) is 26.7 Å². The molecule has 0 radical (unpaired) electrons. The fraction of sp³-hybridized carbons (Fsp3) is 0.381. The van der Waals surface area contributed by atoms with Gasteiger partial charge >= 0.3 is 0 Å². The van der Waals surface area contributed by atoms with Crippen molar-refractivity contribution in [2.75, 3.05) is 13.2 Å². The Kier molecular flexibility index (Phi) is 5.00. The summed E-state index contributed by atoms with van der Waals surface area (Å²) in [4.78, 5) is 12.7. The molecule has 1 aliphatic heterocycles. The first-order valence-corrected chi connectivity index (χ1v) is 9.44. The van der Waals surface area contributed by atoms with Crippen LogP contribution in [-0.4, -0.2) is 40.1 Å². The third-order valence-electron chi connectivity index (χ3n) is 5.04. The third-order valence-corrected chi connectivity index (χ3v) is 5.04. The van der Waals surface area contributed by atoms with E-state index in [1.807, 2.05) is 61.9 Å². The number of nitrogens with one attached hydrogen (secondary N) is 1. The zero-order valence-electron chi connectivity index (χ0n) is 16.3. The zero-order chi connectivity index (χ0) is 19.7. The van der Waals surface area contributed by atoms with Crippen molar-refractivity contribution in [3.8, 4) is 5.69 Å². The average molecular weight is 380 g/mol. The lowest BCUT2D eigenvalue weighted by Gasteiger charge is -2.18. The summed E-state index contributed by atoms with van der Waals surface area (Å²) in [6.07, 6.45) is 0.697. The molecule has 4 rings (SSSR count). The highest BCUT2D eigenvalue weighted by Gasteiger charge is 2.31. The predicted octanol–water partition coefficient (Wildman–Crippen LogP) is 2.77. The third kappa shape index (κ3) is 3.84. The van der Waals surface area contributed by atoms with Crippen LogP contribution in [0.4, 0.5) is 0 Å². The fourth-order valence-corrected chi connectivity index (χ4v) is 3.63. The minimum Gasteiger partial charge on any atom is -0.379 e. The Morgan fingerprint density at radius 2 is 1.93 bits per heavy atom. The maximum atomic E-state index is 12.7. The number of amides is 1. The number of carbonyl (C=O) groups is 1. The first kappa shape index (κ1) is 18.4. The van der Waals surface area contributed by atoms with Gasteiger partial charge in [-0.05, 0) is 51.1 Å². The Morgan fingerprint density at radius 1 is 1.14 bits per heavy atom. The van der Waals surface area contributed by atoms with Crippen molar-refractivity contribution < 1.29 is 14.1 Å². The van der Waals surface area contributed by atoms with Gasteiger partial charge in [0.25, 0.3) is 5.91 Å². The van der Waals surface area contributed by atoms with E-state index in [2.05, 4.69) is 15.6 Å². The van der Waals surface area contributed by atoms with Crippen molar-refractivity contribution >= 4 is 5.91 Å². The lowest BCUT2D eigenvalue weighted by atomic mass is 9.98. The zero-order valence-corrected chi connectivity index (χ0v) is 16.3. The Balaban J connectivity index is 1.42. The number of rotatable bonds is 5. The number of aryl methyl sites for hydroxylation is 3. The molecule has 2 aromatic heterocycles. The van der Waals surface area contributed by atoms with Gasteiger partial charge in [0.2, 0.25) is 0 Å². The Morgan fingerprint density at radius 3 is 2.57 bits per heavy atom. The molecule has 0 unspecified atom stereocenters. The van der Waals surface area contributed by atoms with E-state index >= 15 is 0 Å². The SMILES string of the molecule is Cc1cc(C[C@@H]2COC[C@@H]2NC(=O)c2ccc(-n3nc(C)cc3C)cc2)on1. The molecule has 28 heavy (non-hydrogen) atoms. The topological polar surface area (TPSA) is 82.2 Å². The quantitative estimate of drug-likeness (QED) is 0.736. The molecule has 3 heterocycles. The molecule has 1 amide bonds. The number of nitrogens with zero attached hydrogens (tertiary/aromatic N) is 3. The number of aromatic nitrogens is 3.